The number of ether oxygens (including phenoxy) is 1. The summed E-state index contributed by atoms with van der Waals surface area (Å²) in [7, 11) is 0. The van der Waals surface area contributed by atoms with Crippen LogP contribution in [0.25, 0.3) is 0 Å². The number of carbonyl (C=O) groups is 4. The van der Waals surface area contributed by atoms with Crippen molar-refractivity contribution < 1.29 is 23.9 Å². The maximum absolute atomic E-state index is 13.1. The molecule has 2 aromatic rings. The second-order valence-corrected chi connectivity index (χ2v) is 10.2. The van der Waals surface area contributed by atoms with Crippen molar-refractivity contribution in [1.82, 2.24) is 0 Å². The van der Waals surface area contributed by atoms with Gasteiger partial charge in [-0.2, -0.15) is 0 Å². The van der Waals surface area contributed by atoms with E-state index < -0.39 is 11.9 Å². The van der Waals surface area contributed by atoms with Crippen LogP contribution in [-0.2, 0) is 19.2 Å². The molecule has 3 amide bonds. The first kappa shape index (κ1) is 24.3. The average molecular weight is 507 g/mol. The second kappa shape index (κ2) is 9.21. The molecule has 5 rings (SSSR count). The molecular weight excluding hydrogens is 480 g/mol. The quantitative estimate of drug-likeness (QED) is 0.261. The molecule has 0 N–H and O–H groups in total. The van der Waals surface area contributed by atoms with Crippen LogP contribution in [0.4, 0.5) is 11.4 Å². The Hall–Kier alpha value is -3.45. The molecule has 186 valence electrons. The Morgan fingerprint density at radius 1 is 1.06 bits per heavy atom. The Kier molecular flexibility index (Phi) is 6.20. The Balaban J connectivity index is 1.30. The summed E-state index contributed by atoms with van der Waals surface area (Å²) in [6, 6.07) is 10.2. The van der Waals surface area contributed by atoms with Crippen LogP contribution in [-0.4, -0.2) is 30.2 Å². The van der Waals surface area contributed by atoms with Crippen LogP contribution in [0.15, 0.2) is 48.6 Å². The van der Waals surface area contributed by atoms with Crippen LogP contribution in [0.3, 0.4) is 0 Å². The monoisotopic (exact) mass is 506 g/mol. The number of benzene rings is 2. The molecule has 0 saturated carbocycles. The van der Waals surface area contributed by atoms with Gasteiger partial charge < -0.3 is 9.64 Å². The topological polar surface area (TPSA) is 84.0 Å². The van der Waals surface area contributed by atoms with Gasteiger partial charge in [0.15, 0.2) is 0 Å². The number of allylic oxidation sites excluding steroid dienone is 2. The summed E-state index contributed by atoms with van der Waals surface area (Å²) >= 11 is 6.20. The lowest BCUT2D eigenvalue weighted by atomic mass is 9.78. The number of aryl methyl sites for hydroxylation is 1. The van der Waals surface area contributed by atoms with Crippen molar-refractivity contribution in [3.63, 3.8) is 0 Å². The number of halogens is 1. The molecule has 2 aliphatic heterocycles. The van der Waals surface area contributed by atoms with Crippen molar-refractivity contribution in [3.05, 3.63) is 64.7 Å². The third kappa shape index (κ3) is 4.01. The van der Waals surface area contributed by atoms with E-state index in [1.54, 1.807) is 42.2 Å². The van der Waals surface area contributed by atoms with Crippen molar-refractivity contribution in [2.45, 2.75) is 33.6 Å². The van der Waals surface area contributed by atoms with E-state index in [9.17, 15) is 19.2 Å². The van der Waals surface area contributed by atoms with Gasteiger partial charge in [-0.15, -0.1) is 0 Å². The van der Waals surface area contributed by atoms with Crippen LogP contribution in [0.5, 0.6) is 5.75 Å². The van der Waals surface area contributed by atoms with Crippen molar-refractivity contribution in [2.75, 3.05) is 16.3 Å². The largest absolute Gasteiger partial charge is 0.426 e. The van der Waals surface area contributed by atoms with E-state index in [0.717, 1.165) is 5.56 Å². The highest BCUT2D eigenvalue weighted by atomic mass is 35.5. The minimum absolute atomic E-state index is 0.00937. The van der Waals surface area contributed by atoms with Gasteiger partial charge in [0.2, 0.25) is 17.7 Å². The summed E-state index contributed by atoms with van der Waals surface area (Å²) < 4.78 is 5.61. The van der Waals surface area contributed by atoms with Gasteiger partial charge in [0.1, 0.15) is 5.75 Å². The highest BCUT2D eigenvalue weighted by Gasteiger charge is 2.50. The maximum Gasteiger partial charge on any atom is 0.316 e. The van der Waals surface area contributed by atoms with E-state index in [1.807, 2.05) is 32.1 Å². The van der Waals surface area contributed by atoms with Crippen LogP contribution >= 0.6 is 11.6 Å². The number of rotatable bonds is 4. The lowest BCUT2D eigenvalue weighted by Gasteiger charge is -2.22. The highest BCUT2D eigenvalue weighted by Crippen LogP contribution is 2.41. The first-order valence-corrected chi connectivity index (χ1v) is 12.5. The Labute approximate surface area is 214 Å². The molecule has 0 unspecified atom stereocenters. The molecule has 0 spiro atoms. The number of carbonyl (C=O) groups excluding carboxylic acids is 4. The molecule has 7 nitrogen and oxygen atoms in total. The van der Waals surface area contributed by atoms with Crippen LogP contribution in [0.2, 0.25) is 5.02 Å². The Bertz CT molecular complexity index is 1320. The third-order valence-corrected chi connectivity index (χ3v) is 7.90. The van der Waals surface area contributed by atoms with E-state index in [0.29, 0.717) is 34.1 Å². The molecule has 2 saturated heterocycles. The van der Waals surface area contributed by atoms with Gasteiger partial charge in [0.05, 0.1) is 23.4 Å². The van der Waals surface area contributed by atoms with Crippen molar-refractivity contribution in [1.29, 1.82) is 0 Å². The maximum atomic E-state index is 13.1. The molecule has 8 heteroatoms. The van der Waals surface area contributed by atoms with E-state index in [-0.39, 0.29) is 48.4 Å². The lowest BCUT2D eigenvalue weighted by Crippen LogP contribution is -2.32. The smallest absolute Gasteiger partial charge is 0.316 e. The normalized spacial score (nSPS) is 25.5. The van der Waals surface area contributed by atoms with E-state index in [1.165, 1.54) is 4.90 Å². The highest BCUT2D eigenvalue weighted by molar-refractivity contribution is 6.31. The van der Waals surface area contributed by atoms with Crippen molar-refractivity contribution in [2.24, 2.45) is 23.7 Å². The average Bonchev–Trinajstić information content (AvgIpc) is 3.34. The molecule has 3 aliphatic rings. The Morgan fingerprint density at radius 3 is 2.56 bits per heavy atom. The summed E-state index contributed by atoms with van der Waals surface area (Å²) in [6.45, 7) is 5.78. The molecule has 2 fully saturated rings. The summed E-state index contributed by atoms with van der Waals surface area (Å²) in [5.41, 5.74) is 2.63. The number of hydrogen-bond donors (Lipinski definition) is 0. The standard InChI is InChI=1S/C28H27ClN2O5/c1-15-6-4-7-20-25(15)27(34)31(26(20)33)22-11-10-19(12-16(22)2)36-28(35)18-13-24(32)30(14-18)23-9-5-8-21(29)17(23)3/h4-6,8-12,15,18,20,25H,7,13-14H2,1-3H3/t15-,18+,20+,25-/m0/s1. The first-order valence-electron chi connectivity index (χ1n) is 12.1. The predicted octanol–water partition coefficient (Wildman–Crippen LogP) is 4.62. The van der Waals surface area contributed by atoms with Crippen LogP contribution in [0.1, 0.15) is 30.9 Å². The molecule has 0 aromatic heterocycles. The zero-order valence-corrected chi connectivity index (χ0v) is 21.1. The molecule has 2 heterocycles. The van der Waals surface area contributed by atoms with Gasteiger partial charge in [-0.1, -0.05) is 36.7 Å². The molecule has 36 heavy (non-hydrogen) atoms. The number of esters is 1. The van der Waals surface area contributed by atoms with Crippen molar-refractivity contribution in [3.8, 4) is 5.75 Å². The SMILES string of the molecule is Cc1cc(OC(=O)[C@@H]2CC(=O)N(c3cccc(Cl)c3C)C2)ccc1N1C(=O)[C@H]2[C@@H](C)C=CC[C@H]2C1=O. The van der Waals surface area contributed by atoms with Crippen LogP contribution in [0, 0.1) is 37.5 Å². The molecule has 4 atom stereocenters. The first-order chi connectivity index (χ1) is 17.2. The molecular formula is C28H27ClN2O5. The predicted molar refractivity (Wildman–Crippen MR) is 136 cm³/mol. The molecule has 0 bridgehead atoms. The molecule has 2 aromatic carbocycles. The minimum Gasteiger partial charge on any atom is -0.426 e. The second-order valence-electron chi connectivity index (χ2n) is 9.83. The summed E-state index contributed by atoms with van der Waals surface area (Å²) in [5.74, 6) is -2.01. The Morgan fingerprint density at radius 2 is 1.83 bits per heavy atom. The van der Waals surface area contributed by atoms with E-state index in [4.69, 9.17) is 16.3 Å². The number of imide groups is 1. The van der Waals surface area contributed by atoms with Gasteiger partial charge in [-0.3, -0.25) is 19.2 Å². The zero-order chi connectivity index (χ0) is 25.7. The summed E-state index contributed by atoms with van der Waals surface area (Å²) in [6.07, 6.45) is 4.58. The number of fused-ring (bicyclic) bond motifs is 1. The third-order valence-electron chi connectivity index (χ3n) is 7.49. The van der Waals surface area contributed by atoms with Gasteiger partial charge in [-0.25, -0.2) is 4.90 Å². The van der Waals surface area contributed by atoms with Gasteiger partial charge >= 0.3 is 5.97 Å². The van der Waals surface area contributed by atoms with Crippen LogP contribution < -0.4 is 14.5 Å². The van der Waals surface area contributed by atoms with E-state index in [2.05, 4.69) is 0 Å². The van der Waals surface area contributed by atoms with Crippen molar-refractivity contribution >= 4 is 46.7 Å². The van der Waals surface area contributed by atoms with Gasteiger partial charge in [0, 0.05) is 23.7 Å². The minimum atomic E-state index is -0.616. The fourth-order valence-corrected chi connectivity index (χ4v) is 5.68. The van der Waals surface area contributed by atoms with E-state index >= 15 is 0 Å². The number of hydrogen-bond acceptors (Lipinski definition) is 5. The number of nitrogens with zero attached hydrogens (tertiary/aromatic N) is 2. The van der Waals surface area contributed by atoms with Gasteiger partial charge in [-0.05, 0) is 67.6 Å². The number of anilines is 2. The lowest BCUT2D eigenvalue weighted by molar-refractivity contribution is -0.139. The summed E-state index contributed by atoms with van der Waals surface area (Å²) in [5, 5.41) is 0.557. The summed E-state index contributed by atoms with van der Waals surface area (Å²) in [4.78, 5) is 54.6. The van der Waals surface area contributed by atoms with Gasteiger partial charge in [0.25, 0.3) is 0 Å². The molecule has 1 aliphatic carbocycles. The number of amides is 3. The fourth-order valence-electron chi connectivity index (χ4n) is 5.51. The fraction of sp³-hybridized carbons (Fsp3) is 0.357. The molecule has 0 radical (unpaired) electrons. The zero-order valence-electron chi connectivity index (χ0n) is 20.4.